The summed E-state index contributed by atoms with van der Waals surface area (Å²) in [5.74, 6) is 1.08. The second-order valence-corrected chi connectivity index (χ2v) is 6.25. The molecule has 0 aliphatic rings. The molecule has 0 aliphatic heterocycles. The van der Waals surface area contributed by atoms with E-state index in [0.717, 1.165) is 11.3 Å². The minimum Gasteiger partial charge on any atom is -0.438 e. The van der Waals surface area contributed by atoms with Crippen molar-refractivity contribution in [2.45, 2.75) is 40.0 Å². The number of hydrogen-bond donors (Lipinski definition) is 0. The van der Waals surface area contributed by atoms with Crippen LogP contribution in [0.25, 0.3) is 0 Å². The molecule has 0 saturated heterocycles. The molecule has 2 aromatic rings. The molecule has 0 spiro atoms. The lowest BCUT2D eigenvalue weighted by Gasteiger charge is -2.19. The van der Waals surface area contributed by atoms with E-state index in [2.05, 4.69) is 37.9 Å². The van der Waals surface area contributed by atoms with Gasteiger partial charge in [-0.05, 0) is 48.6 Å². The van der Waals surface area contributed by atoms with Crippen LogP contribution in [-0.4, -0.2) is 4.98 Å². The zero-order valence-electron chi connectivity index (χ0n) is 13.2. The van der Waals surface area contributed by atoms with Crippen LogP contribution in [0.5, 0.6) is 11.6 Å². The van der Waals surface area contributed by atoms with Crippen LogP contribution < -0.4 is 4.74 Å². The third-order valence-electron chi connectivity index (χ3n) is 3.34. The standard InChI is InChI=1S/C18H20N2O/c1-12-9-13(2)20-17(16(12)11-19)21-15-8-6-7-14(10-15)18(3,4)5/h6-10H,1-5H3. The average molecular weight is 280 g/mol. The van der Waals surface area contributed by atoms with Crippen LogP contribution in [0.3, 0.4) is 0 Å². The summed E-state index contributed by atoms with van der Waals surface area (Å²) < 4.78 is 5.86. The highest BCUT2D eigenvalue weighted by Crippen LogP contribution is 2.30. The van der Waals surface area contributed by atoms with Crippen molar-refractivity contribution in [3.8, 4) is 17.7 Å². The van der Waals surface area contributed by atoms with E-state index in [0.29, 0.717) is 17.2 Å². The van der Waals surface area contributed by atoms with Gasteiger partial charge < -0.3 is 4.74 Å². The van der Waals surface area contributed by atoms with Crippen LogP contribution in [0.1, 0.15) is 43.2 Å². The van der Waals surface area contributed by atoms with Gasteiger partial charge in [-0.2, -0.15) is 5.26 Å². The van der Waals surface area contributed by atoms with Crippen molar-refractivity contribution in [3.63, 3.8) is 0 Å². The van der Waals surface area contributed by atoms with Gasteiger partial charge in [0.05, 0.1) is 0 Å². The number of benzene rings is 1. The highest BCUT2D eigenvalue weighted by atomic mass is 16.5. The van der Waals surface area contributed by atoms with E-state index in [1.54, 1.807) is 0 Å². The van der Waals surface area contributed by atoms with Crippen molar-refractivity contribution in [2.24, 2.45) is 0 Å². The minimum atomic E-state index is 0.0490. The molecule has 0 aliphatic carbocycles. The second-order valence-electron chi connectivity index (χ2n) is 6.25. The lowest BCUT2D eigenvalue weighted by Crippen LogP contribution is -2.10. The molecule has 0 radical (unpaired) electrons. The van der Waals surface area contributed by atoms with Crippen molar-refractivity contribution < 1.29 is 4.74 Å². The molecule has 1 heterocycles. The number of hydrogen-bond acceptors (Lipinski definition) is 3. The molecular formula is C18H20N2O. The Morgan fingerprint density at radius 2 is 1.86 bits per heavy atom. The Labute approximate surface area is 126 Å². The Morgan fingerprint density at radius 1 is 1.14 bits per heavy atom. The first kappa shape index (κ1) is 15.1. The number of pyridine rings is 1. The second kappa shape index (κ2) is 5.57. The number of rotatable bonds is 2. The van der Waals surface area contributed by atoms with Gasteiger partial charge in [-0.25, -0.2) is 4.98 Å². The van der Waals surface area contributed by atoms with Crippen molar-refractivity contribution in [1.82, 2.24) is 4.98 Å². The molecule has 0 amide bonds. The Balaban J connectivity index is 2.42. The molecule has 1 aromatic carbocycles. The maximum atomic E-state index is 9.28. The number of aryl methyl sites for hydroxylation is 2. The van der Waals surface area contributed by atoms with Gasteiger partial charge in [0.1, 0.15) is 17.4 Å². The first-order valence-corrected chi connectivity index (χ1v) is 6.98. The fraction of sp³-hybridized carbons (Fsp3) is 0.333. The fourth-order valence-corrected chi connectivity index (χ4v) is 2.15. The lowest BCUT2D eigenvalue weighted by atomic mass is 9.87. The van der Waals surface area contributed by atoms with E-state index in [1.165, 1.54) is 5.56 Å². The van der Waals surface area contributed by atoms with Crippen molar-refractivity contribution in [1.29, 1.82) is 5.26 Å². The summed E-state index contributed by atoms with van der Waals surface area (Å²) in [6, 6.07) is 12.0. The molecule has 0 unspecified atom stereocenters. The quantitative estimate of drug-likeness (QED) is 0.803. The monoisotopic (exact) mass is 280 g/mol. The lowest BCUT2D eigenvalue weighted by molar-refractivity contribution is 0.456. The van der Waals surface area contributed by atoms with Crippen molar-refractivity contribution in [2.75, 3.05) is 0 Å². The van der Waals surface area contributed by atoms with Crippen LogP contribution in [0.2, 0.25) is 0 Å². The summed E-state index contributed by atoms with van der Waals surface area (Å²) in [7, 11) is 0. The number of nitrogens with zero attached hydrogens (tertiary/aromatic N) is 2. The largest absolute Gasteiger partial charge is 0.438 e. The summed E-state index contributed by atoms with van der Waals surface area (Å²) in [6.07, 6.45) is 0. The van der Waals surface area contributed by atoms with Gasteiger partial charge in [-0.15, -0.1) is 0 Å². The van der Waals surface area contributed by atoms with Gasteiger partial charge in [0.15, 0.2) is 0 Å². The minimum absolute atomic E-state index is 0.0490. The van der Waals surface area contributed by atoms with Crippen LogP contribution in [0.15, 0.2) is 30.3 Å². The third kappa shape index (κ3) is 3.41. The molecule has 0 bridgehead atoms. The predicted molar refractivity (Wildman–Crippen MR) is 83.6 cm³/mol. The first-order chi connectivity index (χ1) is 9.81. The SMILES string of the molecule is Cc1cc(C)c(C#N)c(Oc2cccc(C(C)(C)C)c2)n1. The van der Waals surface area contributed by atoms with Crippen LogP contribution in [0, 0.1) is 25.2 Å². The van der Waals surface area contributed by atoms with E-state index in [9.17, 15) is 5.26 Å². The molecule has 0 N–H and O–H groups in total. The molecule has 0 atom stereocenters. The molecule has 0 saturated carbocycles. The highest BCUT2D eigenvalue weighted by molar-refractivity contribution is 5.47. The topological polar surface area (TPSA) is 45.9 Å². The van der Waals surface area contributed by atoms with Gasteiger partial charge in [0, 0.05) is 5.69 Å². The van der Waals surface area contributed by atoms with Crippen molar-refractivity contribution in [3.05, 3.63) is 52.7 Å². The zero-order valence-corrected chi connectivity index (χ0v) is 13.2. The molecule has 1 aromatic heterocycles. The van der Waals surface area contributed by atoms with Crippen molar-refractivity contribution >= 4 is 0 Å². The predicted octanol–water partition coefficient (Wildman–Crippen LogP) is 4.66. The smallest absolute Gasteiger partial charge is 0.237 e. The molecule has 3 nitrogen and oxygen atoms in total. The Hall–Kier alpha value is -2.34. The molecule has 2 rings (SSSR count). The van der Waals surface area contributed by atoms with Gasteiger partial charge in [0.25, 0.3) is 0 Å². The zero-order chi connectivity index (χ0) is 15.6. The maximum Gasteiger partial charge on any atom is 0.237 e. The van der Waals surface area contributed by atoms with Gasteiger partial charge >= 0.3 is 0 Å². The highest BCUT2D eigenvalue weighted by Gasteiger charge is 2.15. The average Bonchev–Trinajstić information content (AvgIpc) is 2.37. The third-order valence-corrected chi connectivity index (χ3v) is 3.34. The Bertz CT molecular complexity index is 706. The Morgan fingerprint density at radius 3 is 2.48 bits per heavy atom. The van der Waals surface area contributed by atoms with Gasteiger partial charge in [-0.1, -0.05) is 32.9 Å². The number of nitriles is 1. The normalized spacial score (nSPS) is 11.0. The summed E-state index contributed by atoms with van der Waals surface area (Å²) in [6.45, 7) is 10.3. The van der Waals surface area contributed by atoms with Gasteiger partial charge in [-0.3, -0.25) is 0 Å². The maximum absolute atomic E-state index is 9.28. The summed E-state index contributed by atoms with van der Waals surface area (Å²) in [5.41, 5.74) is 3.44. The summed E-state index contributed by atoms with van der Waals surface area (Å²) in [4.78, 5) is 4.35. The molecule has 3 heteroatoms. The van der Waals surface area contributed by atoms with Crippen LogP contribution in [0.4, 0.5) is 0 Å². The van der Waals surface area contributed by atoms with E-state index < -0.39 is 0 Å². The van der Waals surface area contributed by atoms with Gasteiger partial charge in [0.2, 0.25) is 5.88 Å². The summed E-state index contributed by atoms with van der Waals surface area (Å²) >= 11 is 0. The van der Waals surface area contributed by atoms with Crippen LogP contribution in [-0.2, 0) is 5.41 Å². The number of ether oxygens (including phenoxy) is 1. The van der Waals surface area contributed by atoms with E-state index in [4.69, 9.17) is 4.74 Å². The van der Waals surface area contributed by atoms with Crippen LogP contribution >= 0.6 is 0 Å². The molecular weight excluding hydrogens is 260 g/mol. The molecule has 108 valence electrons. The molecule has 21 heavy (non-hydrogen) atoms. The Kier molecular flexibility index (Phi) is 3.99. The molecule has 0 fully saturated rings. The first-order valence-electron chi connectivity index (χ1n) is 6.98. The summed E-state index contributed by atoms with van der Waals surface area (Å²) in [5, 5.41) is 9.28. The van der Waals surface area contributed by atoms with E-state index in [1.807, 2.05) is 38.1 Å². The number of aromatic nitrogens is 1. The van der Waals surface area contributed by atoms with E-state index >= 15 is 0 Å². The fourth-order valence-electron chi connectivity index (χ4n) is 2.15. The van der Waals surface area contributed by atoms with E-state index in [-0.39, 0.29) is 5.41 Å².